The molecule has 1 amide bonds. The number of nitrogens with one attached hydrogen (secondary N) is 1. The van der Waals surface area contributed by atoms with E-state index in [1.807, 2.05) is 11.8 Å². The van der Waals surface area contributed by atoms with Crippen molar-refractivity contribution in [2.24, 2.45) is 0 Å². The summed E-state index contributed by atoms with van der Waals surface area (Å²) in [5.41, 5.74) is 1.82. The molecule has 4 rings (SSSR count). The predicted molar refractivity (Wildman–Crippen MR) is 106 cm³/mol. The number of benzene rings is 1. The Balaban J connectivity index is 1.70. The Morgan fingerprint density at radius 3 is 3.04 bits per heavy atom. The van der Waals surface area contributed by atoms with Gasteiger partial charge in [-0.05, 0) is 43.2 Å². The van der Waals surface area contributed by atoms with E-state index in [0.29, 0.717) is 24.6 Å². The molecular formula is C19H16ClFN4OS. The molecule has 0 saturated carbocycles. The van der Waals surface area contributed by atoms with Crippen LogP contribution in [-0.2, 0) is 17.8 Å². The molecule has 0 atom stereocenters. The summed E-state index contributed by atoms with van der Waals surface area (Å²) >= 11 is 7.45. The van der Waals surface area contributed by atoms with Crippen molar-refractivity contribution in [3.05, 3.63) is 58.0 Å². The normalized spacial score (nSPS) is 14.0. The van der Waals surface area contributed by atoms with E-state index in [-0.39, 0.29) is 10.9 Å². The third-order valence-corrected chi connectivity index (χ3v) is 5.85. The molecule has 1 N–H and O–H groups in total. The number of halogens is 2. The van der Waals surface area contributed by atoms with Crippen molar-refractivity contribution >= 4 is 50.6 Å². The minimum atomic E-state index is -0.464. The van der Waals surface area contributed by atoms with Crippen molar-refractivity contribution in [1.82, 2.24) is 14.9 Å². The number of fused-ring (bicyclic) bond motifs is 3. The number of carbonyl (C=O) groups excluding carboxylic acids is 1. The largest absolute Gasteiger partial charge is 0.340 e. The maximum absolute atomic E-state index is 13.4. The summed E-state index contributed by atoms with van der Waals surface area (Å²) in [5, 5.41) is 4.22. The first kappa shape index (κ1) is 17.9. The van der Waals surface area contributed by atoms with Gasteiger partial charge in [-0.1, -0.05) is 17.7 Å². The summed E-state index contributed by atoms with van der Waals surface area (Å²) in [6, 6.07) is 4.46. The van der Waals surface area contributed by atoms with Crippen LogP contribution in [0, 0.1) is 5.82 Å². The number of nitrogens with zero attached hydrogens (tertiary/aromatic N) is 3. The van der Waals surface area contributed by atoms with Gasteiger partial charge in [-0.25, -0.2) is 14.4 Å². The maximum Gasteiger partial charge on any atom is 0.246 e. The van der Waals surface area contributed by atoms with Crippen molar-refractivity contribution in [2.75, 3.05) is 11.9 Å². The summed E-state index contributed by atoms with van der Waals surface area (Å²) in [6.07, 6.45) is 5.58. The van der Waals surface area contributed by atoms with Crippen LogP contribution in [0.15, 0.2) is 36.7 Å². The van der Waals surface area contributed by atoms with Crippen LogP contribution in [0.25, 0.3) is 10.2 Å². The summed E-state index contributed by atoms with van der Waals surface area (Å²) in [4.78, 5) is 24.7. The van der Waals surface area contributed by atoms with Gasteiger partial charge in [0.1, 0.15) is 22.8 Å². The SMILES string of the molecule is CC=CC(=O)N1CCc2c(sc3ncnc(Nc4ccc(F)c(Cl)c4)c23)C1. The van der Waals surface area contributed by atoms with Gasteiger partial charge >= 0.3 is 0 Å². The van der Waals surface area contributed by atoms with E-state index in [1.54, 1.807) is 29.6 Å². The van der Waals surface area contributed by atoms with Gasteiger partial charge in [0.25, 0.3) is 0 Å². The predicted octanol–water partition coefficient (Wildman–Crippen LogP) is 4.69. The summed E-state index contributed by atoms with van der Waals surface area (Å²) in [6.45, 7) is 3.06. The number of amides is 1. The number of aromatic nitrogens is 2. The lowest BCUT2D eigenvalue weighted by atomic mass is 10.0. The number of anilines is 2. The van der Waals surface area contributed by atoms with Crippen LogP contribution in [0.4, 0.5) is 15.9 Å². The van der Waals surface area contributed by atoms with Crippen LogP contribution in [0.3, 0.4) is 0 Å². The second-order valence-electron chi connectivity index (χ2n) is 6.17. The molecule has 3 heterocycles. The Morgan fingerprint density at radius 2 is 2.26 bits per heavy atom. The zero-order chi connectivity index (χ0) is 19.0. The number of rotatable bonds is 3. The molecule has 1 aliphatic rings. The van der Waals surface area contributed by atoms with Gasteiger partial charge < -0.3 is 10.2 Å². The molecule has 5 nitrogen and oxygen atoms in total. The molecule has 3 aromatic rings. The fourth-order valence-electron chi connectivity index (χ4n) is 3.17. The molecule has 1 aromatic carbocycles. The highest BCUT2D eigenvalue weighted by Crippen LogP contribution is 2.38. The Hall–Kier alpha value is -2.51. The zero-order valence-electron chi connectivity index (χ0n) is 14.5. The van der Waals surface area contributed by atoms with Gasteiger partial charge in [-0.3, -0.25) is 4.79 Å². The van der Waals surface area contributed by atoms with E-state index in [2.05, 4.69) is 15.3 Å². The van der Waals surface area contributed by atoms with Crippen LogP contribution in [0.5, 0.6) is 0 Å². The first-order valence-electron chi connectivity index (χ1n) is 8.45. The van der Waals surface area contributed by atoms with Gasteiger partial charge in [0.05, 0.1) is 17.0 Å². The number of hydrogen-bond acceptors (Lipinski definition) is 5. The highest BCUT2D eigenvalue weighted by Gasteiger charge is 2.25. The summed E-state index contributed by atoms with van der Waals surface area (Å²) in [5.74, 6) is 0.216. The smallest absolute Gasteiger partial charge is 0.246 e. The third kappa shape index (κ3) is 3.40. The van der Waals surface area contributed by atoms with Crippen LogP contribution < -0.4 is 5.32 Å². The van der Waals surface area contributed by atoms with E-state index in [1.165, 1.54) is 18.5 Å². The van der Waals surface area contributed by atoms with Crippen molar-refractivity contribution in [3.63, 3.8) is 0 Å². The van der Waals surface area contributed by atoms with E-state index in [0.717, 1.165) is 27.1 Å². The molecule has 0 bridgehead atoms. The summed E-state index contributed by atoms with van der Waals surface area (Å²) in [7, 11) is 0. The van der Waals surface area contributed by atoms with Crippen molar-refractivity contribution in [3.8, 4) is 0 Å². The standard InChI is InChI=1S/C19H16ClFN4OS/c1-2-3-16(26)25-7-6-12-15(9-25)27-19-17(12)18(22-10-23-19)24-11-4-5-14(21)13(20)8-11/h2-5,8,10H,6-7,9H2,1H3,(H,22,23,24). The topological polar surface area (TPSA) is 58.1 Å². The van der Waals surface area contributed by atoms with Gasteiger partial charge in [0.15, 0.2) is 0 Å². The Kier molecular flexibility index (Phi) is 4.80. The Morgan fingerprint density at radius 1 is 1.41 bits per heavy atom. The minimum absolute atomic E-state index is 0.0194. The molecule has 0 fully saturated rings. The molecule has 0 radical (unpaired) electrons. The molecule has 0 aliphatic carbocycles. The molecule has 0 spiro atoms. The Labute approximate surface area is 164 Å². The average molecular weight is 403 g/mol. The monoisotopic (exact) mass is 402 g/mol. The van der Waals surface area contributed by atoms with Crippen LogP contribution >= 0.6 is 22.9 Å². The van der Waals surface area contributed by atoms with Gasteiger partial charge in [0, 0.05) is 17.1 Å². The zero-order valence-corrected chi connectivity index (χ0v) is 16.1. The second kappa shape index (κ2) is 7.25. The van der Waals surface area contributed by atoms with Gasteiger partial charge in [-0.2, -0.15) is 0 Å². The van der Waals surface area contributed by atoms with Crippen molar-refractivity contribution in [1.29, 1.82) is 0 Å². The van der Waals surface area contributed by atoms with Crippen molar-refractivity contribution < 1.29 is 9.18 Å². The quantitative estimate of drug-likeness (QED) is 0.646. The van der Waals surface area contributed by atoms with E-state index >= 15 is 0 Å². The fourth-order valence-corrected chi connectivity index (χ4v) is 4.55. The highest BCUT2D eigenvalue weighted by atomic mass is 35.5. The number of allylic oxidation sites excluding steroid dienone is 1. The molecular weight excluding hydrogens is 387 g/mol. The summed E-state index contributed by atoms with van der Waals surface area (Å²) < 4.78 is 13.4. The van der Waals surface area contributed by atoms with Gasteiger partial charge in [-0.15, -0.1) is 11.3 Å². The van der Waals surface area contributed by atoms with Crippen molar-refractivity contribution in [2.45, 2.75) is 19.9 Å². The number of thiophene rings is 1. The molecule has 27 heavy (non-hydrogen) atoms. The molecule has 0 saturated heterocycles. The first-order chi connectivity index (χ1) is 13.1. The fraction of sp³-hybridized carbons (Fsp3) is 0.211. The maximum atomic E-state index is 13.4. The minimum Gasteiger partial charge on any atom is -0.340 e. The van der Waals surface area contributed by atoms with E-state index in [4.69, 9.17) is 11.6 Å². The van der Waals surface area contributed by atoms with E-state index in [9.17, 15) is 9.18 Å². The molecule has 2 aromatic heterocycles. The second-order valence-corrected chi connectivity index (χ2v) is 7.66. The molecule has 1 aliphatic heterocycles. The number of carbonyl (C=O) groups is 1. The van der Waals surface area contributed by atoms with Gasteiger partial charge in [0.2, 0.25) is 5.91 Å². The van der Waals surface area contributed by atoms with Crippen LogP contribution in [0.1, 0.15) is 17.4 Å². The van der Waals surface area contributed by atoms with Crippen LogP contribution in [-0.4, -0.2) is 27.3 Å². The molecule has 8 heteroatoms. The highest BCUT2D eigenvalue weighted by molar-refractivity contribution is 7.19. The first-order valence-corrected chi connectivity index (χ1v) is 9.65. The number of hydrogen-bond donors (Lipinski definition) is 1. The lowest BCUT2D eigenvalue weighted by Crippen LogP contribution is -2.34. The van der Waals surface area contributed by atoms with E-state index < -0.39 is 5.82 Å². The average Bonchev–Trinajstić information content (AvgIpc) is 3.03. The van der Waals surface area contributed by atoms with Crippen LogP contribution in [0.2, 0.25) is 5.02 Å². The lowest BCUT2D eigenvalue weighted by molar-refractivity contribution is -0.126. The molecule has 0 unspecified atom stereocenters. The lowest BCUT2D eigenvalue weighted by Gasteiger charge is -2.26. The molecule has 138 valence electrons. The Bertz CT molecular complexity index is 1070. The third-order valence-electron chi connectivity index (χ3n) is 4.44.